The van der Waals surface area contributed by atoms with E-state index in [1.807, 2.05) is 13.8 Å². The average Bonchev–Trinajstić information content (AvgIpc) is 3.02. The standard InChI is InChI=1S/C18H21N3O4/c1-3-15-14(17(4-2)25-19-15)11-18(22)20-9-5-6-12-7-8-13(21(23)24)10-16(12)20/h7-8,10H,3-6,9,11H2,1-2H3. The van der Waals surface area contributed by atoms with Crippen LogP contribution in [0.3, 0.4) is 0 Å². The highest BCUT2D eigenvalue weighted by molar-refractivity contribution is 5.96. The van der Waals surface area contributed by atoms with E-state index in [9.17, 15) is 14.9 Å². The minimum absolute atomic E-state index is 0.00641. The summed E-state index contributed by atoms with van der Waals surface area (Å²) < 4.78 is 5.33. The van der Waals surface area contributed by atoms with Crippen molar-refractivity contribution in [3.05, 3.63) is 50.9 Å². The topological polar surface area (TPSA) is 89.5 Å². The molecule has 7 heteroatoms. The first-order chi connectivity index (χ1) is 12.0. The molecular formula is C18H21N3O4. The highest BCUT2D eigenvalue weighted by Gasteiger charge is 2.27. The molecular weight excluding hydrogens is 322 g/mol. The van der Waals surface area contributed by atoms with E-state index < -0.39 is 4.92 Å². The van der Waals surface area contributed by atoms with Crippen LogP contribution in [0.4, 0.5) is 11.4 Å². The molecule has 0 saturated heterocycles. The van der Waals surface area contributed by atoms with Crippen molar-refractivity contribution in [3.63, 3.8) is 0 Å². The molecule has 1 aromatic heterocycles. The SMILES string of the molecule is CCc1noc(CC)c1CC(=O)N1CCCc2ccc([N+](=O)[O-])cc21. The van der Waals surface area contributed by atoms with Gasteiger partial charge < -0.3 is 9.42 Å². The van der Waals surface area contributed by atoms with Crippen LogP contribution in [0.15, 0.2) is 22.7 Å². The van der Waals surface area contributed by atoms with Gasteiger partial charge in [-0.3, -0.25) is 14.9 Å². The van der Waals surface area contributed by atoms with Gasteiger partial charge in [0.05, 0.1) is 22.7 Å². The van der Waals surface area contributed by atoms with Crippen LogP contribution in [0, 0.1) is 10.1 Å². The van der Waals surface area contributed by atoms with Gasteiger partial charge in [-0.2, -0.15) is 0 Å². The number of nitro benzene ring substituents is 1. The number of benzene rings is 1. The zero-order chi connectivity index (χ0) is 18.0. The molecule has 0 saturated carbocycles. The smallest absolute Gasteiger partial charge is 0.271 e. The summed E-state index contributed by atoms with van der Waals surface area (Å²) in [4.78, 5) is 25.2. The van der Waals surface area contributed by atoms with E-state index in [1.165, 1.54) is 12.1 Å². The van der Waals surface area contributed by atoms with E-state index in [4.69, 9.17) is 4.52 Å². The summed E-state index contributed by atoms with van der Waals surface area (Å²) in [5.41, 5.74) is 3.29. The monoisotopic (exact) mass is 343 g/mol. The van der Waals surface area contributed by atoms with Gasteiger partial charge in [0.2, 0.25) is 5.91 Å². The number of aromatic nitrogens is 1. The van der Waals surface area contributed by atoms with E-state index in [0.717, 1.165) is 35.4 Å². The molecule has 0 unspecified atom stereocenters. The van der Waals surface area contributed by atoms with Crippen molar-refractivity contribution in [3.8, 4) is 0 Å². The van der Waals surface area contributed by atoms with Crippen LogP contribution in [0.25, 0.3) is 0 Å². The molecule has 1 amide bonds. The number of amides is 1. The lowest BCUT2D eigenvalue weighted by Crippen LogP contribution is -2.36. The van der Waals surface area contributed by atoms with Crippen LogP contribution < -0.4 is 4.90 Å². The molecule has 0 spiro atoms. The molecule has 0 radical (unpaired) electrons. The number of aryl methyl sites for hydroxylation is 3. The van der Waals surface area contributed by atoms with Crippen molar-refractivity contribution in [2.24, 2.45) is 0 Å². The minimum Gasteiger partial charge on any atom is -0.361 e. The van der Waals surface area contributed by atoms with Crippen LogP contribution in [0.5, 0.6) is 0 Å². The van der Waals surface area contributed by atoms with Gasteiger partial charge >= 0.3 is 0 Å². The largest absolute Gasteiger partial charge is 0.361 e. The van der Waals surface area contributed by atoms with E-state index in [1.54, 1.807) is 11.0 Å². The predicted molar refractivity (Wildman–Crippen MR) is 92.7 cm³/mol. The van der Waals surface area contributed by atoms with Gasteiger partial charge in [0.15, 0.2) is 0 Å². The Hall–Kier alpha value is -2.70. The lowest BCUT2D eigenvalue weighted by Gasteiger charge is -2.29. The summed E-state index contributed by atoms with van der Waals surface area (Å²) in [5, 5.41) is 15.1. The quantitative estimate of drug-likeness (QED) is 0.614. The molecule has 132 valence electrons. The summed E-state index contributed by atoms with van der Waals surface area (Å²) >= 11 is 0. The van der Waals surface area contributed by atoms with Gasteiger partial charge in [-0.15, -0.1) is 0 Å². The van der Waals surface area contributed by atoms with E-state index in [-0.39, 0.29) is 18.0 Å². The first-order valence-electron chi connectivity index (χ1n) is 8.59. The first-order valence-corrected chi connectivity index (χ1v) is 8.59. The van der Waals surface area contributed by atoms with Gasteiger partial charge in [0.1, 0.15) is 5.76 Å². The number of carbonyl (C=O) groups excluding carboxylic acids is 1. The molecule has 2 heterocycles. The first kappa shape index (κ1) is 17.1. The summed E-state index contributed by atoms with van der Waals surface area (Å²) in [7, 11) is 0. The number of non-ortho nitro benzene ring substituents is 1. The molecule has 0 N–H and O–H groups in total. The third kappa shape index (κ3) is 3.26. The zero-order valence-corrected chi connectivity index (χ0v) is 14.4. The number of rotatable bonds is 5. The Balaban J connectivity index is 1.91. The molecule has 1 aromatic carbocycles. The van der Waals surface area contributed by atoms with E-state index in [2.05, 4.69) is 5.16 Å². The molecule has 0 bridgehead atoms. The Morgan fingerprint density at radius 3 is 2.84 bits per heavy atom. The fourth-order valence-corrected chi connectivity index (χ4v) is 3.32. The third-order valence-electron chi connectivity index (χ3n) is 4.63. The Morgan fingerprint density at radius 2 is 2.16 bits per heavy atom. The van der Waals surface area contributed by atoms with Crippen LogP contribution >= 0.6 is 0 Å². The normalized spacial score (nSPS) is 13.6. The van der Waals surface area contributed by atoms with Gasteiger partial charge in [-0.05, 0) is 24.8 Å². The molecule has 3 rings (SSSR count). The summed E-state index contributed by atoms with van der Waals surface area (Å²) in [5.74, 6) is 0.663. The van der Waals surface area contributed by atoms with Crippen LogP contribution in [0.1, 0.15) is 42.8 Å². The van der Waals surface area contributed by atoms with E-state index in [0.29, 0.717) is 25.1 Å². The van der Waals surface area contributed by atoms with Crippen molar-refractivity contribution >= 4 is 17.3 Å². The maximum Gasteiger partial charge on any atom is 0.271 e. The second-order valence-electron chi connectivity index (χ2n) is 6.13. The number of nitrogens with zero attached hydrogens (tertiary/aromatic N) is 3. The number of hydrogen-bond acceptors (Lipinski definition) is 5. The van der Waals surface area contributed by atoms with Gasteiger partial charge in [0, 0.05) is 30.7 Å². The van der Waals surface area contributed by atoms with Crippen LogP contribution in [-0.4, -0.2) is 22.5 Å². The lowest BCUT2D eigenvalue weighted by atomic mass is 9.99. The fourth-order valence-electron chi connectivity index (χ4n) is 3.32. The van der Waals surface area contributed by atoms with Crippen molar-refractivity contribution in [2.45, 2.75) is 46.0 Å². The third-order valence-corrected chi connectivity index (χ3v) is 4.63. The van der Waals surface area contributed by atoms with E-state index >= 15 is 0 Å². The summed E-state index contributed by atoms with van der Waals surface area (Å²) in [6.07, 6.45) is 3.26. The van der Waals surface area contributed by atoms with Crippen molar-refractivity contribution in [1.82, 2.24) is 5.16 Å². The summed E-state index contributed by atoms with van der Waals surface area (Å²) in [6.45, 7) is 4.51. The van der Waals surface area contributed by atoms with Crippen molar-refractivity contribution in [1.29, 1.82) is 0 Å². The average molecular weight is 343 g/mol. The predicted octanol–water partition coefficient (Wildman–Crippen LogP) is 3.23. The maximum absolute atomic E-state index is 12.9. The number of fused-ring (bicyclic) bond motifs is 1. The molecule has 7 nitrogen and oxygen atoms in total. The van der Waals surface area contributed by atoms with Crippen molar-refractivity contribution in [2.75, 3.05) is 11.4 Å². The van der Waals surface area contributed by atoms with Gasteiger partial charge in [-0.1, -0.05) is 25.1 Å². The number of carbonyl (C=O) groups is 1. The van der Waals surface area contributed by atoms with Crippen molar-refractivity contribution < 1.29 is 14.2 Å². The highest BCUT2D eigenvalue weighted by Crippen LogP contribution is 2.31. The Labute approximate surface area is 145 Å². The van der Waals surface area contributed by atoms with Gasteiger partial charge in [-0.25, -0.2) is 0 Å². The number of hydrogen-bond donors (Lipinski definition) is 0. The second kappa shape index (κ2) is 7.04. The zero-order valence-electron chi connectivity index (χ0n) is 14.4. The molecule has 2 aromatic rings. The molecule has 1 aliphatic rings. The Kier molecular flexibility index (Phi) is 4.83. The highest BCUT2D eigenvalue weighted by atomic mass is 16.6. The molecule has 0 fully saturated rings. The number of nitro groups is 1. The Bertz CT molecular complexity index is 791. The number of anilines is 1. The van der Waals surface area contributed by atoms with Crippen LogP contribution in [0.2, 0.25) is 0 Å². The Morgan fingerprint density at radius 1 is 1.36 bits per heavy atom. The maximum atomic E-state index is 12.9. The fraction of sp³-hybridized carbons (Fsp3) is 0.444. The molecule has 1 aliphatic heterocycles. The summed E-state index contributed by atoms with van der Waals surface area (Å²) in [6, 6.07) is 4.75. The minimum atomic E-state index is -0.429. The lowest BCUT2D eigenvalue weighted by molar-refractivity contribution is -0.384. The molecule has 0 atom stereocenters. The molecule has 0 aliphatic carbocycles. The van der Waals surface area contributed by atoms with Gasteiger partial charge in [0.25, 0.3) is 5.69 Å². The molecule has 25 heavy (non-hydrogen) atoms. The second-order valence-corrected chi connectivity index (χ2v) is 6.13. The van der Waals surface area contributed by atoms with Crippen LogP contribution in [-0.2, 0) is 30.5 Å².